The van der Waals surface area contributed by atoms with Crippen LogP contribution in [0.15, 0.2) is 42.5 Å². The Hall–Kier alpha value is -2.93. The summed E-state index contributed by atoms with van der Waals surface area (Å²) in [6.45, 7) is 5.56. The van der Waals surface area contributed by atoms with Crippen LogP contribution in [0.3, 0.4) is 0 Å². The van der Waals surface area contributed by atoms with E-state index in [2.05, 4.69) is 21.2 Å². The van der Waals surface area contributed by atoms with Crippen molar-refractivity contribution in [3.63, 3.8) is 0 Å². The van der Waals surface area contributed by atoms with Gasteiger partial charge in [0, 0.05) is 49.7 Å². The molecular weight excluding hydrogens is 358 g/mol. The molecule has 0 bridgehead atoms. The summed E-state index contributed by atoms with van der Waals surface area (Å²) in [4.78, 5) is 17.2. The number of carbonyl (C=O) groups excluding carboxylic acids is 1. The number of nitrogens with one attached hydrogen (secondary N) is 1. The molecule has 0 spiro atoms. The van der Waals surface area contributed by atoms with Gasteiger partial charge in [-0.3, -0.25) is 9.69 Å². The molecule has 28 heavy (non-hydrogen) atoms. The number of ether oxygens (including phenoxy) is 3. The molecule has 1 fully saturated rings. The molecule has 2 aliphatic heterocycles. The molecule has 2 aromatic carbocycles. The van der Waals surface area contributed by atoms with E-state index in [4.69, 9.17) is 14.2 Å². The first-order valence-electron chi connectivity index (χ1n) is 9.47. The highest BCUT2D eigenvalue weighted by molar-refractivity contribution is 5.94. The molecule has 0 saturated carbocycles. The van der Waals surface area contributed by atoms with Gasteiger partial charge in [0.05, 0.1) is 13.2 Å². The van der Waals surface area contributed by atoms with Gasteiger partial charge in [-0.25, -0.2) is 0 Å². The predicted octanol–water partition coefficient (Wildman–Crippen LogP) is 2.57. The number of nitrogens with zero attached hydrogens (tertiary/aromatic N) is 2. The molecule has 4 rings (SSSR count). The molecule has 0 aromatic heterocycles. The number of anilines is 2. The Morgan fingerprint density at radius 2 is 1.86 bits per heavy atom. The van der Waals surface area contributed by atoms with Crippen LogP contribution in [-0.4, -0.2) is 56.9 Å². The van der Waals surface area contributed by atoms with E-state index < -0.39 is 0 Å². The fourth-order valence-corrected chi connectivity index (χ4v) is 3.56. The number of benzene rings is 2. The van der Waals surface area contributed by atoms with E-state index in [0.29, 0.717) is 11.5 Å². The van der Waals surface area contributed by atoms with Gasteiger partial charge in [0.2, 0.25) is 12.7 Å². The third-order valence-electron chi connectivity index (χ3n) is 5.30. The van der Waals surface area contributed by atoms with Crippen LogP contribution in [0.5, 0.6) is 17.2 Å². The number of hydrogen-bond acceptors (Lipinski definition) is 6. The summed E-state index contributed by atoms with van der Waals surface area (Å²) in [7, 11) is 1.68. The third kappa shape index (κ3) is 3.84. The number of fused-ring (bicyclic) bond motifs is 1. The van der Waals surface area contributed by atoms with E-state index >= 15 is 0 Å². The molecular formula is C21H25N3O4. The Morgan fingerprint density at radius 3 is 2.64 bits per heavy atom. The topological polar surface area (TPSA) is 63.3 Å². The van der Waals surface area contributed by atoms with Crippen molar-refractivity contribution in [1.29, 1.82) is 0 Å². The molecule has 1 amide bonds. The predicted molar refractivity (Wildman–Crippen MR) is 107 cm³/mol. The van der Waals surface area contributed by atoms with Crippen molar-refractivity contribution in [3.8, 4) is 17.2 Å². The minimum absolute atomic E-state index is 0.0197. The summed E-state index contributed by atoms with van der Waals surface area (Å²) in [5.41, 5.74) is 1.87. The minimum atomic E-state index is -0.210. The lowest BCUT2D eigenvalue weighted by molar-refractivity contribution is -0.120. The molecule has 1 atom stereocenters. The average molecular weight is 383 g/mol. The third-order valence-corrected chi connectivity index (χ3v) is 5.30. The van der Waals surface area contributed by atoms with E-state index in [1.807, 2.05) is 37.3 Å². The average Bonchev–Trinajstić information content (AvgIpc) is 3.21. The van der Waals surface area contributed by atoms with Gasteiger partial charge in [0.25, 0.3) is 0 Å². The van der Waals surface area contributed by atoms with E-state index in [1.165, 1.54) is 0 Å². The fraction of sp³-hybridized carbons (Fsp3) is 0.381. The van der Waals surface area contributed by atoms with Gasteiger partial charge in [-0.2, -0.15) is 0 Å². The summed E-state index contributed by atoms with van der Waals surface area (Å²) in [5, 5.41) is 2.98. The van der Waals surface area contributed by atoms with Gasteiger partial charge in [-0.05, 0) is 31.2 Å². The summed E-state index contributed by atoms with van der Waals surface area (Å²) in [6.07, 6.45) is 0. The Morgan fingerprint density at radius 1 is 1.07 bits per heavy atom. The molecule has 1 N–H and O–H groups in total. The van der Waals surface area contributed by atoms with E-state index in [-0.39, 0.29) is 18.7 Å². The van der Waals surface area contributed by atoms with E-state index in [0.717, 1.165) is 43.3 Å². The number of hydrogen-bond donors (Lipinski definition) is 1. The summed E-state index contributed by atoms with van der Waals surface area (Å²) in [5.74, 6) is 2.21. The number of methoxy groups -OCH3 is 1. The zero-order valence-electron chi connectivity index (χ0n) is 16.2. The van der Waals surface area contributed by atoms with Crippen LogP contribution < -0.4 is 24.4 Å². The van der Waals surface area contributed by atoms with Crippen LogP contribution in [0, 0.1) is 0 Å². The molecule has 2 aromatic rings. The Labute approximate surface area is 164 Å². The second-order valence-electron chi connectivity index (χ2n) is 6.96. The highest BCUT2D eigenvalue weighted by Gasteiger charge is 2.26. The normalized spacial score (nSPS) is 17.3. The van der Waals surface area contributed by atoms with Crippen molar-refractivity contribution < 1.29 is 19.0 Å². The van der Waals surface area contributed by atoms with Crippen molar-refractivity contribution in [2.45, 2.75) is 13.0 Å². The Bertz CT molecular complexity index is 849. The van der Waals surface area contributed by atoms with Gasteiger partial charge in [-0.15, -0.1) is 0 Å². The maximum Gasteiger partial charge on any atom is 0.241 e. The minimum Gasteiger partial charge on any atom is -0.497 e. The van der Waals surface area contributed by atoms with Crippen molar-refractivity contribution in [3.05, 3.63) is 42.5 Å². The molecule has 0 radical (unpaired) electrons. The van der Waals surface area contributed by atoms with E-state index in [1.54, 1.807) is 13.2 Å². The summed E-state index contributed by atoms with van der Waals surface area (Å²) >= 11 is 0. The number of rotatable bonds is 5. The monoisotopic (exact) mass is 383 g/mol. The second-order valence-corrected chi connectivity index (χ2v) is 6.96. The lowest BCUT2D eigenvalue weighted by Crippen LogP contribution is -2.52. The van der Waals surface area contributed by atoms with E-state index in [9.17, 15) is 4.79 Å². The largest absolute Gasteiger partial charge is 0.497 e. The fourth-order valence-electron chi connectivity index (χ4n) is 3.56. The second kappa shape index (κ2) is 7.98. The smallest absolute Gasteiger partial charge is 0.241 e. The molecule has 148 valence electrons. The highest BCUT2D eigenvalue weighted by Crippen LogP contribution is 2.34. The zero-order valence-corrected chi connectivity index (χ0v) is 16.2. The van der Waals surface area contributed by atoms with Gasteiger partial charge < -0.3 is 24.4 Å². The number of carbonyl (C=O) groups is 1. The van der Waals surface area contributed by atoms with Gasteiger partial charge in [0.15, 0.2) is 11.5 Å². The summed E-state index contributed by atoms with van der Waals surface area (Å²) < 4.78 is 16.0. The van der Waals surface area contributed by atoms with Crippen LogP contribution in [0.2, 0.25) is 0 Å². The first kappa shape index (κ1) is 18.4. The van der Waals surface area contributed by atoms with Crippen molar-refractivity contribution >= 4 is 17.3 Å². The molecule has 2 heterocycles. The quantitative estimate of drug-likeness (QED) is 0.856. The van der Waals surface area contributed by atoms with Gasteiger partial charge in [-0.1, -0.05) is 6.07 Å². The molecule has 2 aliphatic rings. The standard InChI is InChI=1S/C21H25N3O4/c1-15(21(25)22-16-6-7-19-20(12-16)28-14-27-19)23-8-10-24(11-9-23)17-4-3-5-18(13-17)26-2/h3-7,12-13,15H,8-11,14H2,1-2H3,(H,22,25)/t15-/m0/s1. The maximum absolute atomic E-state index is 12.7. The van der Waals surface area contributed by atoms with Crippen molar-refractivity contribution in [2.24, 2.45) is 0 Å². The highest BCUT2D eigenvalue weighted by atomic mass is 16.7. The van der Waals surface area contributed by atoms with Crippen molar-refractivity contribution in [1.82, 2.24) is 4.90 Å². The molecule has 1 saturated heterocycles. The van der Waals surface area contributed by atoms with Crippen LogP contribution in [0.4, 0.5) is 11.4 Å². The number of amides is 1. The first-order chi connectivity index (χ1) is 13.6. The molecule has 0 aliphatic carbocycles. The molecule has 0 unspecified atom stereocenters. The van der Waals surface area contributed by atoms with Gasteiger partial charge in [0.1, 0.15) is 5.75 Å². The van der Waals surface area contributed by atoms with Crippen LogP contribution in [-0.2, 0) is 4.79 Å². The molecule has 7 nitrogen and oxygen atoms in total. The first-order valence-corrected chi connectivity index (χ1v) is 9.47. The Kier molecular flexibility index (Phi) is 5.25. The van der Waals surface area contributed by atoms with Gasteiger partial charge >= 0.3 is 0 Å². The van der Waals surface area contributed by atoms with Crippen LogP contribution >= 0.6 is 0 Å². The maximum atomic E-state index is 12.7. The summed E-state index contributed by atoms with van der Waals surface area (Å²) in [6, 6.07) is 13.3. The molecule has 7 heteroatoms. The SMILES string of the molecule is COc1cccc(N2CCN([C@@H](C)C(=O)Nc3ccc4c(c3)OCO4)CC2)c1. The lowest BCUT2D eigenvalue weighted by Gasteiger charge is -2.38. The Balaban J connectivity index is 1.33. The zero-order chi connectivity index (χ0) is 19.5. The van der Waals surface area contributed by atoms with Crippen LogP contribution in [0.1, 0.15) is 6.92 Å². The lowest BCUT2D eigenvalue weighted by atomic mass is 10.2. The van der Waals surface area contributed by atoms with Crippen LogP contribution in [0.25, 0.3) is 0 Å². The van der Waals surface area contributed by atoms with Crippen molar-refractivity contribution in [2.75, 3.05) is 50.3 Å². The number of piperazine rings is 1.